The molecule has 12 heteroatoms. The highest BCUT2D eigenvalue weighted by Crippen LogP contribution is 2.45. The van der Waals surface area contributed by atoms with Gasteiger partial charge < -0.3 is 29.9 Å². The minimum Gasteiger partial charge on any atom is -0.395 e. The van der Waals surface area contributed by atoms with E-state index in [4.69, 9.17) is 9.72 Å². The van der Waals surface area contributed by atoms with E-state index < -0.39 is 6.04 Å². The predicted octanol–water partition coefficient (Wildman–Crippen LogP) is 4.45. The molecule has 3 heterocycles. The number of hydrogen-bond acceptors (Lipinski definition) is 9. The van der Waals surface area contributed by atoms with Gasteiger partial charge in [0.25, 0.3) is 11.5 Å². The van der Waals surface area contributed by atoms with Gasteiger partial charge in [-0.25, -0.2) is 4.98 Å². The number of aromatic nitrogens is 2. The van der Waals surface area contributed by atoms with E-state index in [9.17, 15) is 19.5 Å². The summed E-state index contributed by atoms with van der Waals surface area (Å²) >= 11 is 1.70. The monoisotopic (exact) mass is 672 g/mol. The van der Waals surface area contributed by atoms with Gasteiger partial charge in [-0.15, -0.1) is 11.8 Å². The Labute approximate surface area is 285 Å². The highest BCUT2D eigenvalue weighted by molar-refractivity contribution is 8.04. The van der Waals surface area contributed by atoms with Crippen molar-refractivity contribution in [1.29, 1.82) is 0 Å². The Balaban J connectivity index is 1.21. The topological polar surface area (TPSA) is 129 Å². The maximum Gasteiger partial charge on any atom is 0.293 e. The summed E-state index contributed by atoms with van der Waals surface area (Å²) in [6.45, 7) is 4.42. The molecule has 48 heavy (non-hydrogen) atoms. The van der Waals surface area contributed by atoms with Crippen LogP contribution in [0.25, 0.3) is 11.3 Å². The van der Waals surface area contributed by atoms with Crippen molar-refractivity contribution in [3.05, 3.63) is 81.1 Å². The number of aliphatic hydroxyl groups is 1. The molecule has 3 N–H and O–H groups in total. The molecule has 2 aliphatic heterocycles. The molecule has 2 amide bonds. The number of likely N-dealkylation sites (N-methyl/N-ethyl adjacent to an activating group) is 1. The van der Waals surface area contributed by atoms with E-state index in [0.717, 1.165) is 34.4 Å². The van der Waals surface area contributed by atoms with E-state index in [0.29, 0.717) is 54.5 Å². The maximum absolute atomic E-state index is 13.4. The van der Waals surface area contributed by atoms with Gasteiger partial charge in [0.2, 0.25) is 5.91 Å². The summed E-state index contributed by atoms with van der Waals surface area (Å²) in [4.78, 5) is 49.1. The third-order valence-electron chi connectivity index (χ3n) is 9.50. The Morgan fingerprint density at radius 2 is 1.88 bits per heavy atom. The molecule has 6 rings (SSSR count). The van der Waals surface area contributed by atoms with Crippen LogP contribution in [0.5, 0.6) is 0 Å². The predicted molar refractivity (Wildman–Crippen MR) is 189 cm³/mol. The second kappa shape index (κ2) is 15.1. The smallest absolute Gasteiger partial charge is 0.293 e. The number of anilines is 3. The number of nitrogens with zero attached hydrogens (tertiary/aromatic N) is 4. The van der Waals surface area contributed by atoms with Crippen LogP contribution in [0.2, 0.25) is 0 Å². The average Bonchev–Trinajstić information content (AvgIpc) is 3.54. The molecule has 254 valence electrons. The number of fused-ring (bicyclic) bond motifs is 1. The molecule has 0 radical (unpaired) electrons. The molecule has 3 unspecified atom stereocenters. The van der Waals surface area contributed by atoms with Gasteiger partial charge in [0, 0.05) is 62.1 Å². The van der Waals surface area contributed by atoms with Crippen LogP contribution < -0.4 is 16.2 Å². The number of carbonyl (C=O) groups is 2. The summed E-state index contributed by atoms with van der Waals surface area (Å²) in [7, 11) is 3.38. The van der Waals surface area contributed by atoms with E-state index in [-0.39, 0.29) is 36.3 Å². The van der Waals surface area contributed by atoms with Crippen molar-refractivity contribution in [2.45, 2.75) is 43.9 Å². The number of nitrogens with one attached hydrogen (secondary N) is 2. The van der Waals surface area contributed by atoms with Crippen LogP contribution in [-0.4, -0.2) is 88.0 Å². The van der Waals surface area contributed by atoms with Crippen molar-refractivity contribution in [1.82, 2.24) is 19.4 Å². The van der Waals surface area contributed by atoms with Crippen molar-refractivity contribution in [3.63, 3.8) is 0 Å². The van der Waals surface area contributed by atoms with Gasteiger partial charge in [-0.3, -0.25) is 19.3 Å². The number of morpholine rings is 1. The minimum atomic E-state index is -0.516. The zero-order valence-corrected chi connectivity index (χ0v) is 28.6. The van der Waals surface area contributed by atoms with Gasteiger partial charge in [-0.2, -0.15) is 0 Å². The molecule has 3 atom stereocenters. The Morgan fingerprint density at radius 1 is 1.12 bits per heavy atom. The Hall–Kier alpha value is -3.97. The molecule has 3 aliphatic rings. The lowest BCUT2D eigenvalue weighted by molar-refractivity contribution is -0.138. The van der Waals surface area contributed by atoms with E-state index in [1.54, 1.807) is 37.0 Å². The maximum atomic E-state index is 13.4. The van der Waals surface area contributed by atoms with Gasteiger partial charge in [-0.05, 0) is 55.0 Å². The number of amides is 2. The normalized spacial score (nSPS) is 20.0. The fourth-order valence-electron chi connectivity index (χ4n) is 6.74. The van der Waals surface area contributed by atoms with Crippen molar-refractivity contribution >= 4 is 40.8 Å². The summed E-state index contributed by atoms with van der Waals surface area (Å²) < 4.78 is 7.01. The Kier molecular flexibility index (Phi) is 10.6. The molecule has 2 fully saturated rings. The number of hydrogen-bond donors (Lipinski definition) is 3. The number of benzene rings is 2. The second-order valence-corrected chi connectivity index (χ2v) is 14.0. The second-order valence-electron chi connectivity index (χ2n) is 12.7. The summed E-state index contributed by atoms with van der Waals surface area (Å²) in [6.07, 6.45) is 8.62. The van der Waals surface area contributed by atoms with Gasteiger partial charge >= 0.3 is 0 Å². The van der Waals surface area contributed by atoms with Crippen molar-refractivity contribution in [2.24, 2.45) is 13.0 Å². The van der Waals surface area contributed by atoms with Crippen LogP contribution in [0.15, 0.2) is 64.4 Å². The Morgan fingerprint density at radius 3 is 2.60 bits per heavy atom. The standard InChI is InChI=1S/C36H44N6O5S/c1-23-27(8-6-9-28(23)39-34(44)31-21-25-7-4-5-10-30(25)48-31)29-22-41(3)36(46)33(38-29)37-26-13-11-24(12-14-26)32(35(45)40(2)15-18-43)42-16-19-47-20-17-42/h6,8-9,11-14,21-22,25,30,32,43H,4-5,7,10,15-20H2,1-3H3,(H,37,38)(H,39,44). The largest absolute Gasteiger partial charge is 0.395 e. The molecular weight excluding hydrogens is 629 g/mol. The van der Waals surface area contributed by atoms with E-state index in [2.05, 4.69) is 21.6 Å². The molecule has 3 aromatic rings. The van der Waals surface area contributed by atoms with Crippen LogP contribution in [-0.2, 0) is 21.4 Å². The number of aryl methyl sites for hydroxylation is 1. The molecule has 11 nitrogen and oxygen atoms in total. The van der Waals surface area contributed by atoms with E-state index in [1.807, 2.05) is 49.4 Å². The van der Waals surface area contributed by atoms with Gasteiger partial charge in [0.15, 0.2) is 5.82 Å². The molecule has 1 saturated carbocycles. The molecule has 1 aliphatic carbocycles. The third kappa shape index (κ3) is 7.36. The first-order chi connectivity index (χ1) is 23.2. The van der Waals surface area contributed by atoms with Crippen LogP contribution in [0, 0.1) is 12.8 Å². The Bertz CT molecular complexity index is 1740. The zero-order valence-electron chi connectivity index (χ0n) is 27.8. The fraction of sp³-hybridized carbons (Fsp3) is 0.444. The zero-order chi connectivity index (χ0) is 33.8. The van der Waals surface area contributed by atoms with Crippen LogP contribution >= 0.6 is 11.8 Å². The highest BCUT2D eigenvalue weighted by atomic mass is 32.2. The molecule has 1 aromatic heterocycles. The number of carbonyl (C=O) groups excluding carboxylic acids is 2. The lowest BCUT2D eigenvalue weighted by Crippen LogP contribution is -2.46. The molecule has 0 bridgehead atoms. The lowest BCUT2D eigenvalue weighted by atomic mass is 9.89. The lowest BCUT2D eigenvalue weighted by Gasteiger charge is -2.35. The van der Waals surface area contributed by atoms with Crippen molar-refractivity contribution < 1.29 is 19.4 Å². The summed E-state index contributed by atoms with van der Waals surface area (Å²) in [5.74, 6) is 0.475. The average molecular weight is 673 g/mol. The van der Waals surface area contributed by atoms with E-state index >= 15 is 0 Å². The SMILES string of the molecule is Cc1c(NC(=O)C2=CC3CCCCC3S2)cccc1-c1cn(C)c(=O)c(Nc2ccc(C(C(=O)N(C)CCO)N3CCOCC3)cc2)n1. The first-order valence-electron chi connectivity index (χ1n) is 16.7. The number of allylic oxidation sites excluding steroid dienone is 1. The summed E-state index contributed by atoms with van der Waals surface area (Å²) in [5, 5.41) is 16.2. The number of rotatable bonds is 10. The third-order valence-corrected chi connectivity index (χ3v) is 11.0. The quantitative estimate of drug-likeness (QED) is 0.286. The minimum absolute atomic E-state index is 0.0773. The van der Waals surface area contributed by atoms with E-state index in [1.165, 1.54) is 17.4 Å². The van der Waals surface area contributed by atoms with Crippen LogP contribution in [0.1, 0.15) is 42.9 Å². The van der Waals surface area contributed by atoms with Gasteiger partial charge in [0.05, 0.1) is 30.4 Å². The van der Waals surface area contributed by atoms with Crippen molar-refractivity contribution in [2.75, 3.05) is 57.1 Å². The molecule has 1 saturated heterocycles. The van der Waals surface area contributed by atoms with Gasteiger partial charge in [-0.1, -0.05) is 43.2 Å². The first kappa shape index (κ1) is 33.9. The number of thioether (sulfide) groups is 1. The first-order valence-corrected chi connectivity index (χ1v) is 17.5. The number of aliphatic hydroxyl groups excluding tert-OH is 1. The molecule has 0 spiro atoms. The molecular formula is C36H44N6O5S. The van der Waals surface area contributed by atoms with Crippen LogP contribution in [0.3, 0.4) is 0 Å². The molecule has 2 aromatic carbocycles. The summed E-state index contributed by atoms with van der Waals surface area (Å²) in [5.41, 5.74) is 4.15. The highest BCUT2D eigenvalue weighted by Gasteiger charge is 2.33. The number of ether oxygens (including phenoxy) is 1. The van der Waals surface area contributed by atoms with Crippen LogP contribution in [0.4, 0.5) is 17.2 Å². The van der Waals surface area contributed by atoms with Gasteiger partial charge in [0.1, 0.15) is 6.04 Å². The fourth-order valence-corrected chi connectivity index (χ4v) is 8.15. The summed E-state index contributed by atoms with van der Waals surface area (Å²) in [6, 6.07) is 12.6. The van der Waals surface area contributed by atoms with Crippen molar-refractivity contribution in [3.8, 4) is 11.3 Å².